The summed E-state index contributed by atoms with van der Waals surface area (Å²) in [6.45, 7) is 7.84. The summed E-state index contributed by atoms with van der Waals surface area (Å²) in [5, 5.41) is 13.8. The summed E-state index contributed by atoms with van der Waals surface area (Å²) in [7, 11) is 0. The summed E-state index contributed by atoms with van der Waals surface area (Å²) in [4.78, 5) is 26.2. The van der Waals surface area contributed by atoms with E-state index in [9.17, 15) is 14.9 Å². The number of nitrogens with one attached hydrogen (secondary N) is 2. The molecule has 1 fully saturated rings. The van der Waals surface area contributed by atoms with Crippen LogP contribution >= 0.6 is 0 Å². The zero-order valence-corrected chi connectivity index (χ0v) is 15.7. The number of rotatable bonds is 5. The van der Waals surface area contributed by atoms with Crippen molar-refractivity contribution in [2.75, 3.05) is 42.9 Å². The van der Waals surface area contributed by atoms with Crippen LogP contribution in [0.5, 0.6) is 0 Å². The fourth-order valence-electron chi connectivity index (χ4n) is 3.42. The number of nitro benzene ring substituents is 1. The van der Waals surface area contributed by atoms with Crippen LogP contribution in [-0.2, 0) is 4.79 Å². The molecule has 2 N–H and O–H groups in total. The van der Waals surface area contributed by atoms with Crippen LogP contribution in [0.2, 0.25) is 0 Å². The standard InChI is InChI=1S/C20H24N4O3/c1-15-3-8-19(16(2)13-15)21-20(25)14-22-9-11-23(12-10-22)17-4-6-18(7-5-17)24(26)27/h3-8,13H,9-12,14H2,1-2H3,(H,21,25)/p+1. The lowest BCUT2D eigenvalue weighted by molar-refractivity contribution is -0.892. The van der Waals surface area contributed by atoms with Crippen molar-refractivity contribution in [1.29, 1.82) is 0 Å². The highest BCUT2D eigenvalue weighted by Gasteiger charge is 2.23. The van der Waals surface area contributed by atoms with Gasteiger partial charge < -0.3 is 15.1 Å². The van der Waals surface area contributed by atoms with E-state index in [1.165, 1.54) is 22.6 Å². The van der Waals surface area contributed by atoms with Gasteiger partial charge in [-0.2, -0.15) is 0 Å². The second-order valence-corrected chi connectivity index (χ2v) is 7.05. The Hall–Kier alpha value is -2.93. The van der Waals surface area contributed by atoms with E-state index in [4.69, 9.17) is 0 Å². The normalized spacial score (nSPS) is 14.8. The zero-order valence-electron chi connectivity index (χ0n) is 15.7. The molecule has 1 saturated heterocycles. The van der Waals surface area contributed by atoms with Gasteiger partial charge in [-0.3, -0.25) is 14.9 Å². The minimum atomic E-state index is -0.389. The molecular formula is C20H25N4O3+. The lowest BCUT2D eigenvalue weighted by atomic mass is 10.1. The van der Waals surface area contributed by atoms with Crippen LogP contribution in [0.1, 0.15) is 11.1 Å². The molecule has 0 radical (unpaired) electrons. The third-order valence-corrected chi connectivity index (χ3v) is 4.96. The van der Waals surface area contributed by atoms with E-state index in [1.807, 2.05) is 26.0 Å². The molecule has 0 atom stereocenters. The number of anilines is 2. The highest BCUT2D eigenvalue weighted by molar-refractivity contribution is 5.92. The maximum absolute atomic E-state index is 12.4. The first-order valence-electron chi connectivity index (χ1n) is 9.12. The lowest BCUT2D eigenvalue weighted by Gasteiger charge is -2.33. The number of amides is 1. The molecule has 1 amide bonds. The first kappa shape index (κ1) is 18.8. The van der Waals surface area contributed by atoms with Crippen LogP contribution in [0.4, 0.5) is 17.1 Å². The van der Waals surface area contributed by atoms with Crippen LogP contribution in [0, 0.1) is 24.0 Å². The first-order chi connectivity index (χ1) is 12.9. The van der Waals surface area contributed by atoms with Gasteiger partial charge in [0.05, 0.1) is 31.1 Å². The quantitative estimate of drug-likeness (QED) is 0.619. The molecule has 0 aliphatic carbocycles. The van der Waals surface area contributed by atoms with Gasteiger partial charge in [-0.05, 0) is 37.6 Å². The Labute approximate surface area is 158 Å². The van der Waals surface area contributed by atoms with Gasteiger partial charge in [0.1, 0.15) is 0 Å². The molecule has 3 rings (SSSR count). The van der Waals surface area contributed by atoms with E-state index >= 15 is 0 Å². The Kier molecular flexibility index (Phi) is 5.71. The molecule has 0 saturated carbocycles. The lowest BCUT2D eigenvalue weighted by Crippen LogP contribution is -3.15. The topological polar surface area (TPSA) is 79.9 Å². The summed E-state index contributed by atoms with van der Waals surface area (Å²) in [6, 6.07) is 12.7. The molecule has 7 heteroatoms. The van der Waals surface area contributed by atoms with Crippen LogP contribution in [0.25, 0.3) is 0 Å². The summed E-state index contributed by atoms with van der Waals surface area (Å²) in [6.07, 6.45) is 0. The largest absolute Gasteiger partial charge is 0.360 e. The predicted molar refractivity (Wildman–Crippen MR) is 105 cm³/mol. The average molecular weight is 369 g/mol. The molecule has 0 bridgehead atoms. The van der Waals surface area contributed by atoms with E-state index in [0.29, 0.717) is 6.54 Å². The van der Waals surface area contributed by atoms with E-state index in [2.05, 4.69) is 16.3 Å². The molecule has 7 nitrogen and oxygen atoms in total. The van der Waals surface area contributed by atoms with Gasteiger partial charge in [-0.1, -0.05) is 17.7 Å². The highest BCUT2D eigenvalue weighted by Crippen LogP contribution is 2.19. The van der Waals surface area contributed by atoms with E-state index in [-0.39, 0.29) is 16.5 Å². The Morgan fingerprint density at radius 2 is 1.81 bits per heavy atom. The molecule has 142 valence electrons. The van der Waals surface area contributed by atoms with E-state index < -0.39 is 0 Å². The molecule has 27 heavy (non-hydrogen) atoms. The number of hydrogen-bond donors (Lipinski definition) is 2. The van der Waals surface area contributed by atoms with Crippen molar-refractivity contribution in [3.63, 3.8) is 0 Å². The van der Waals surface area contributed by atoms with Crippen LogP contribution in [-0.4, -0.2) is 43.6 Å². The van der Waals surface area contributed by atoms with Crippen molar-refractivity contribution >= 4 is 23.0 Å². The van der Waals surface area contributed by atoms with E-state index in [0.717, 1.165) is 43.1 Å². The minimum absolute atomic E-state index is 0.0285. The number of hydrogen-bond acceptors (Lipinski definition) is 4. The molecule has 0 spiro atoms. The first-order valence-corrected chi connectivity index (χ1v) is 9.12. The van der Waals surface area contributed by atoms with Crippen molar-refractivity contribution in [3.8, 4) is 0 Å². The molecule has 2 aromatic carbocycles. The Bertz CT molecular complexity index is 828. The maximum Gasteiger partial charge on any atom is 0.279 e. The third-order valence-electron chi connectivity index (χ3n) is 4.96. The van der Waals surface area contributed by atoms with E-state index in [1.54, 1.807) is 12.1 Å². The molecule has 1 aliphatic rings. The summed E-state index contributed by atoms with van der Waals surface area (Å²) >= 11 is 0. The minimum Gasteiger partial charge on any atom is -0.360 e. The highest BCUT2D eigenvalue weighted by atomic mass is 16.6. The summed E-state index contributed by atoms with van der Waals surface area (Å²) in [5.74, 6) is 0.0285. The van der Waals surface area contributed by atoms with Crippen molar-refractivity contribution in [2.24, 2.45) is 0 Å². The number of carbonyl (C=O) groups excluding carboxylic acids is 1. The van der Waals surface area contributed by atoms with Crippen LogP contribution in [0.3, 0.4) is 0 Å². The zero-order chi connectivity index (χ0) is 19.4. The summed E-state index contributed by atoms with van der Waals surface area (Å²) < 4.78 is 0. The fraction of sp³-hybridized carbons (Fsp3) is 0.350. The van der Waals surface area contributed by atoms with Crippen molar-refractivity contribution in [3.05, 3.63) is 63.7 Å². The monoisotopic (exact) mass is 369 g/mol. The number of quaternary nitrogens is 1. The number of aryl methyl sites for hydroxylation is 2. The summed E-state index contributed by atoms with van der Waals surface area (Å²) in [5.41, 5.74) is 4.21. The van der Waals surface area contributed by atoms with Gasteiger partial charge in [0.2, 0.25) is 0 Å². The smallest absolute Gasteiger partial charge is 0.279 e. The SMILES string of the molecule is Cc1ccc(NC(=O)C[NH+]2CCN(c3ccc([N+](=O)[O-])cc3)CC2)c(C)c1. The molecule has 0 unspecified atom stereocenters. The van der Waals surface area contributed by atoms with Gasteiger partial charge in [0.25, 0.3) is 11.6 Å². The number of piperazine rings is 1. The molecule has 1 heterocycles. The van der Waals surface area contributed by atoms with Crippen molar-refractivity contribution in [1.82, 2.24) is 0 Å². The third kappa shape index (κ3) is 4.83. The molecule has 2 aromatic rings. The molecule has 1 aliphatic heterocycles. The van der Waals surface area contributed by atoms with Gasteiger partial charge in [-0.15, -0.1) is 0 Å². The van der Waals surface area contributed by atoms with Gasteiger partial charge in [-0.25, -0.2) is 0 Å². The number of carbonyl (C=O) groups is 1. The van der Waals surface area contributed by atoms with Gasteiger partial charge in [0, 0.05) is 23.5 Å². The number of benzene rings is 2. The number of non-ortho nitro benzene ring substituents is 1. The molecule has 0 aromatic heterocycles. The van der Waals surface area contributed by atoms with Crippen molar-refractivity contribution in [2.45, 2.75) is 13.8 Å². The van der Waals surface area contributed by atoms with Crippen molar-refractivity contribution < 1.29 is 14.6 Å². The van der Waals surface area contributed by atoms with Crippen LogP contribution in [0.15, 0.2) is 42.5 Å². The number of nitrogens with zero attached hydrogens (tertiary/aromatic N) is 2. The van der Waals surface area contributed by atoms with Gasteiger partial charge >= 0.3 is 0 Å². The van der Waals surface area contributed by atoms with Gasteiger partial charge in [0.15, 0.2) is 6.54 Å². The fourth-order valence-corrected chi connectivity index (χ4v) is 3.42. The Balaban J connectivity index is 1.50. The average Bonchev–Trinajstić information content (AvgIpc) is 2.65. The predicted octanol–water partition coefficient (Wildman–Crippen LogP) is 1.56. The molecular weight excluding hydrogens is 344 g/mol. The number of nitro groups is 1. The second-order valence-electron chi connectivity index (χ2n) is 7.05. The maximum atomic E-state index is 12.4. The van der Waals surface area contributed by atoms with Crippen LogP contribution < -0.4 is 15.1 Å². The second kappa shape index (κ2) is 8.18. The Morgan fingerprint density at radius 1 is 1.15 bits per heavy atom. The Morgan fingerprint density at radius 3 is 2.41 bits per heavy atom.